The maximum Gasteiger partial charge on any atom is 0.124 e. The molecule has 18 heavy (non-hydrogen) atoms. The van der Waals surface area contributed by atoms with Crippen molar-refractivity contribution in [1.29, 1.82) is 0 Å². The van der Waals surface area contributed by atoms with Crippen molar-refractivity contribution in [2.45, 2.75) is 25.3 Å². The molecule has 2 aromatic rings. The molecule has 0 spiro atoms. The van der Waals surface area contributed by atoms with Crippen molar-refractivity contribution in [2.24, 2.45) is 0 Å². The number of aromatic nitrogens is 2. The molecule has 3 heterocycles. The molecule has 0 aromatic carbocycles. The van der Waals surface area contributed by atoms with Crippen molar-refractivity contribution >= 4 is 0 Å². The SMILES string of the molecule is c1cncc(CN2CCC(c3ccon3)CC2)c1. The first-order valence-electron chi connectivity index (χ1n) is 6.43. The van der Waals surface area contributed by atoms with Gasteiger partial charge in [-0.1, -0.05) is 11.2 Å². The molecule has 1 aliphatic heterocycles. The average molecular weight is 243 g/mol. The summed E-state index contributed by atoms with van der Waals surface area (Å²) < 4.78 is 4.92. The molecule has 0 unspecified atom stereocenters. The summed E-state index contributed by atoms with van der Waals surface area (Å²) in [4.78, 5) is 6.64. The fourth-order valence-corrected chi connectivity index (χ4v) is 2.57. The van der Waals surface area contributed by atoms with Crippen molar-refractivity contribution in [3.8, 4) is 0 Å². The molecule has 3 rings (SSSR count). The van der Waals surface area contributed by atoms with E-state index in [-0.39, 0.29) is 0 Å². The fraction of sp³-hybridized carbons (Fsp3) is 0.429. The molecule has 0 radical (unpaired) electrons. The summed E-state index contributed by atoms with van der Waals surface area (Å²) in [5, 5.41) is 4.05. The van der Waals surface area contributed by atoms with Gasteiger partial charge in [0.25, 0.3) is 0 Å². The van der Waals surface area contributed by atoms with Crippen LogP contribution < -0.4 is 0 Å². The molecule has 1 fully saturated rings. The average Bonchev–Trinajstić information content (AvgIpc) is 2.95. The minimum atomic E-state index is 0.564. The lowest BCUT2D eigenvalue weighted by Crippen LogP contribution is -2.32. The molecule has 0 saturated carbocycles. The summed E-state index contributed by atoms with van der Waals surface area (Å²) >= 11 is 0. The second kappa shape index (κ2) is 5.31. The van der Waals surface area contributed by atoms with Gasteiger partial charge >= 0.3 is 0 Å². The number of pyridine rings is 1. The Kier molecular flexibility index (Phi) is 3.37. The number of nitrogens with zero attached hydrogens (tertiary/aromatic N) is 3. The smallest absolute Gasteiger partial charge is 0.124 e. The zero-order valence-corrected chi connectivity index (χ0v) is 10.3. The molecular weight excluding hydrogens is 226 g/mol. The summed E-state index contributed by atoms with van der Waals surface area (Å²) in [6.45, 7) is 3.23. The molecule has 1 saturated heterocycles. The number of likely N-dealkylation sites (tertiary alicyclic amines) is 1. The Balaban J connectivity index is 1.54. The Morgan fingerprint density at radius 1 is 1.28 bits per heavy atom. The minimum absolute atomic E-state index is 0.564. The van der Waals surface area contributed by atoms with Gasteiger partial charge in [-0.05, 0) is 37.6 Å². The van der Waals surface area contributed by atoms with Gasteiger partial charge in [0.05, 0.1) is 5.69 Å². The van der Waals surface area contributed by atoms with Crippen LogP contribution in [0.15, 0.2) is 41.4 Å². The third kappa shape index (κ3) is 2.59. The monoisotopic (exact) mass is 243 g/mol. The summed E-state index contributed by atoms with van der Waals surface area (Å²) in [6.07, 6.45) is 7.75. The van der Waals surface area contributed by atoms with E-state index in [4.69, 9.17) is 4.52 Å². The Hall–Kier alpha value is -1.68. The predicted molar refractivity (Wildman–Crippen MR) is 68.0 cm³/mol. The van der Waals surface area contributed by atoms with E-state index in [9.17, 15) is 0 Å². The van der Waals surface area contributed by atoms with E-state index < -0.39 is 0 Å². The van der Waals surface area contributed by atoms with Crippen LogP contribution in [0, 0.1) is 0 Å². The number of hydrogen-bond donors (Lipinski definition) is 0. The molecule has 2 aromatic heterocycles. The van der Waals surface area contributed by atoms with Gasteiger partial charge in [-0.25, -0.2) is 0 Å². The fourth-order valence-electron chi connectivity index (χ4n) is 2.57. The summed E-state index contributed by atoms with van der Waals surface area (Å²) in [5.41, 5.74) is 2.40. The maximum atomic E-state index is 4.92. The second-order valence-electron chi connectivity index (χ2n) is 4.84. The highest BCUT2D eigenvalue weighted by molar-refractivity contribution is 5.09. The van der Waals surface area contributed by atoms with Gasteiger partial charge in [0, 0.05) is 30.9 Å². The first-order chi connectivity index (χ1) is 8.92. The highest BCUT2D eigenvalue weighted by Gasteiger charge is 2.22. The molecule has 0 amide bonds. The highest BCUT2D eigenvalue weighted by Crippen LogP contribution is 2.27. The standard InChI is InChI=1S/C14H17N3O/c1-2-12(10-15-6-1)11-17-7-3-13(4-8-17)14-5-9-18-16-14/h1-2,5-6,9-10,13H,3-4,7-8,11H2. The van der Waals surface area contributed by atoms with E-state index in [2.05, 4.69) is 21.1 Å². The highest BCUT2D eigenvalue weighted by atomic mass is 16.5. The summed E-state index contributed by atoms with van der Waals surface area (Å²) in [5.74, 6) is 0.564. The van der Waals surface area contributed by atoms with Crippen molar-refractivity contribution in [3.05, 3.63) is 48.1 Å². The normalized spacial score (nSPS) is 18.0. The summed E-state index contributed by atoms with van der Waals surface area (Å²) in [6, 6.07) is 6.12. The van der Waals surface area contributed by atoms with E-state index in [0.717, 1.165) is 38.2 Å². The van der Waals surface area contributed by atoms with Crippen LogP contribution in [0.4, 0.5) is 0 Å². The maximum absolute atomic E-state index is 4.92. The van der Waals surface area contributed by atoms with Gasteiger partial charge in [0.15, 0.2) is 0 Å². The van der Waals surface area contributed by atoms with Crippen LogP contribution in [0.3, 0.4) is 0 Å². The van der Waals surface area contributed by atoms with Crippen molar-refractivity contribution < 1.29 is 4.52 Å². The topological polar surface area (TPSA) is 42.2 Å². The predicted octanol–water partition coefficient (Wildman–Crippen LogP) is 2.45. The largest absolute Gasteiger partial charge is 0.365 e. The van der Waals surface area contributed by atoms with E-state index in [1.54, 1.807) is 6.26 Å². The quantitative estimate of drug-likeness (QED) is 0.830. The second-order valence-corrected chi connectivity index (χ2v) is 4.84. The van der Waals surface area contributed by atoms with Crippen LogP contribution in [-0.2, 0) is 6.54 Å². The van der Waals surface area contributed by atoms with Gasteiger partial charge in [-0.2, -0.15) is 0 Å². The third-order valence-electron chi connectivity index (χ3n) is 3.59. The molecule has 0 N–H and O–H groups in total. The Morgan fingerprint density at radius 3 is 2.83 bits per heavy atom. The van der Waals surface area contributed by atoms with Crippen LogP contribution in [-0.4, -0.2) is 28.1 Å². The molecule has 4 heteroatoms. The molecule has 0 bridgehead atoms. The van der Waals surface area contributed by atoms with Gasteiger partial charge in [-0.15, -0.1) is 0 Å². The van der Waals surface area contributed by atoms with Crippen LogP contribution in [0.2, 0.25) is 0 Å². The van der Waals surface area contributed by atoms with Crippen molar-refractivity contribution in [2.75, 3.05) is 13.1 Å². The van der Waals surface area contributed by atoms with Crippen molar-refractivity contribution in [1.82, 2.24) is 15.0 Å². The molecule has 94 valence electrons. The molecule has 4 nitrogen and oxygen atoms in total. The molecular formula is C14H17N3O. The van der Waals surface area contributed by atoms with Crippen LogP contribution in [0.25, 0.3) is 0 Å². The van der Waals surface area contributed by atoms with Gasteiger partial charge in [-0.3, -0.25) is 9.88 Å². The Bertz CT molecular complexity index is 461. The lowest BCUT2D eigenvalue weighted by molar-refractivity contribution is 0.201. The number of rotatable bonds is 3. The Labute approximate surface area is 107 Å². The number of piperidine rings is 1. The third-order valence-corrected chi connectivity index (χ3v) is 3.59. The van der Waals surface area contributed by atoms with Gasteiger partial charge in [0.1, 0.15) is 6.26 Å². The lowest BCUT2D eigenvalue weighted by Gasteiger charge is -2.30. The van der Waals surface area contributed by atoms with Crippen LogP contribution in [0.1, 0.15) is 30.0 Å². The zero-order valence-electron chi connectivity index (χ0n) is 10.3. The van der Waals surface area contributed by atoms with E-state index in [0.29, 0.717) is 5.92 Å². The van der Waals surface area contributed by atoms with Gasteiger partial charge in [0.2, 0.25) is 0 Å². The first-order valence-corrected chi connectivity index (χ1v) is 6.43. The van der Waals surface area contributed by atoms with Gasteiger partial charge < -0.3 is 4.52 Å². The summed E-state index contributed by atoms with van der Waals surface area (Å²) in [7, 11) is 0. The van der Waals surface area contributed by atoms with E-state index >= 15 is 0 Å². The Morgan fingerprint density at radius 2 is 2.17 bits per heavy atom. The van der Waals surface area contributed by atoms with Crippen LogP contribution in [0.5, 0.6) is 0 Å². The minimum Gasteiger partial charge on any atom is -0.365 e. The molecule has 1 aliphatic rings. The molecule has 0 atom stereocenters. The lowest BCUT2D eigenvalue weighted by atomic mass is 9.93. The first kappa shape index (κ1) is 11.4. The zero-order chi connectivity index (χ0) is 12.2. The van der Waals surface area contributed by atoms with E-state index in [1.165, 1.54) is 5.56 Å². The van der Waals surface area contributed by atoms with Crippen molar-refractivity contribution in [3.63, 3.8) is 0 Å². The molecule has 0 aliphatic carbocycles. The van der Waals surface area contributed by atoms with Crippen LogP contribution >= 0.6 is 0 Å². The number of hydrogen-bond acceptors (Lipinski definition) is 4. The van der Waals surface area contributed by atoms with E-state index in [1.807, 2.05) is 24.5 Å².